The topological polar surface area (TPSA) is 46.5 Å². The van der Waals surface area contributed by atoms with Crippen molar-refractivity contribution < 1.29 is 14.6 Å². The Balaban J connectivity index is 1.70. The molecule has 0 aliphatic carbocycles. The molecule has 0 fully saturated rings. The summed E-state index contributed by atoms with van der Waals surface area (Å²) in [4.78, 5) is 11.4. The molecule has 0 aromatic heterocycles. The van der Waals surface area contributed by atoms with E-state index in [0.29, 0.717) is 0 Å². The highest BCUT2D eigenvalue weighted by atomic mass is 16.5. The summed E-state index contributed by atoms with van der Waals surface area (Å²) in [5.41, 5.74) is 5.53. The van der Waals surface area contributed by atoms with Crippen molar-refractivity contribution in [1.29, 1.82) is 0 Å². The van der Waals surface area contributed by atoms with Gasteiger partial charge in [-0.05, 0) is 55.5 Å². The number of carbonyl (C=O) groups is 1. The van der Waals surface area contributed by atoms with Crippen LogP contribution in [0.2, 0.25) is 0 Å². The lowest BCUT2D eigenvalue weighted by Gasteiger charge is -2.37. The van der Waals surface area contributed by atoms with Crippen LogP contribution in [0.5, 0.6) is 5.75 Å². The number of fused-ring (bicyclic) bond motifs is 1. The van der Waals surface area contributed by atoms with Crippen molar-refractivity contribution in [3.8, 4) is 16.9 Å². The van der Waals surface area contributed by atoms with Crippen molar-refractivity contribution in [3.63, 3.8) is 0 Å². The number of carboxylic acid groups (broad SMARTS) is 1. The molecular formula is C25H24O3. The Kier molecular flexibility index (Phi) is 4.68. The van der Waals surface area contributed by atoms with Gasteiger partial charge in [-0.1, -0.05) is 60.2 Å². The second-order valence-electron chi connectivity index (χ2n) is 7.90. The van der Waals surface area contributed by atoms with Gasteiger partial charge in [0.15, 0.2) is 0 Å². The first-order chi connectivity index (χ1) is 13.4. The molecule has 0 saturated heterocycles. The summed E-state index contributed by atoms with van der Waals surface area (Å²) in [6.45, 7) is 4.28. The van der Waals surface area contributed by atoms with E-state index in [1.165, 1.54) is 16.7 Å². The van der Waals surface area contributed by atoms with Crippen LogP contribution in [0.25, 0.3) is 11.1 Å². The summed E-state index contributed by atoms with van der Waals surface area (Å²) in [5, 5.41) is 9.33. The van der Waals surface area contributed by atoms with Crippen LogP contribution in [0.4, 0.5) is 0 Å². The molecular weight excluding hydrogens is 348 g/mol. The summed E-state index contributed by atoms with van der Waals surface area (Å²) in [6.07, 6.45) is 2.74. The number of rotatable bonds is 4. The van der Waals surface area contributed by atoms with Crippen molar-refractivity contribution in [2.24, 2.45) is 0 Å². The number of hydrogen-bond acceptors (Lipinski definition) is 2. The Bertz CT molecular complexity index is 1040. The van der Waals surface area contributed by atoms with Gasteiger partial charge < -0.3 is 9.84 Å². The number of hydrogen-bond donors (Lipinski definition) is 1. The van der Waals surface area contributed by atoms with Crippen LogP contribution >= 0.6 is 0 Å². The molecule has 3 aromatic rings. The van der Waals surface area contributed by atoms with Gasteiger partial charge in [0.1, 0.15) is 11.4 Å². The average molecular weight is 372 g/mol. The van der Waals surface area contributed by atoms with E-state index in [4.69, 9.17) is 4.74 Å². The molecule has 1 N–H and O–H groups in total. The second kappa shape index (κ2) is 7.16. The minimum absolute atomic E-state index is 0.286. The number of para-hydroxylation sites is 1. The van der Waals surface area contributed by atoms with E-state index in [9.17, 15) is 9.90 Å². The summed E-state index contributed by atoms with van der Waals surface area (Å²) in [6, 6.07) is 21.8. The predicted octanol–water partition coefficient (Wildman–Crippen LogP) is 5.69. The van der Waals surface area contributed by atoms with Crippen LogP contribution in [0.3, 0.4) is 0 Å². The normalized spacial score (nSPS) is 18.2. The zero-order chi connectivity index (χ0) is 19.7. The van der Waals surface area contributed by atoms with Gasteiger partial charge in [-0.15, -0.1) is 0 Å². The maximum atomic E-state index is 11.4. The van der Waals surface area contributed by atoms with Crippen LogP contribution in [0.1, 0.15) is 40.4 Å². The number of aryl methyl sites for hydroxylation is 2. The fraction of sp³-hybridized carbons (Fsp3) is 0.240. The molecule has 0 spiro atoms. The quantitative estimate of drug-likeness (QED) is 0.640. The van der Waals surface area contributed by atoms with Crippen LogP contribution in [-0.4, -0.2) is 16.7 Å². The molecule has 142 valence electrons. The van der Waals surface area contributed by atoms with E-state index in [1.54, 1.807) is 18.2 Å². The molecule has 0 saturated carbocycles. The van der Waals surface area contributed by atoms with E-state index in [2.05, 4.69) is 44.2 Å². The van der Waals surface area contributed by atoms with Gasteiger partial charge in [0.25, 0.3) is 0 Å². The predicted molar refractivity (Wildman–Crippen MR) is 111 cm³/mol. The Morgan fingerprint density at radius 2 is 1.86 bits per heavy atom. The lowest BCUT2D eigenvalue weighted by molar-refractivity contribution is 0.0660. The lowest BCUT2D eigenvalue weighted by atomic mass is 9.85. The first kappa shape index (κ1) is 18.3. The van der Waals surface area contributed by atoms with E-state index in [-0.39, 0.29) is 11.2 Å². The monoisotopic (exact) mass is 372 g/mol. The van der Waals surface area contributed by atoms with Crippen molar-refractivity contribution in [1.82, 2.24) is 0 Å². The van der Waals surface area contributed by atoms with Gasteiger partial charge in [0.2, 0.25) is 0 Å². The average Bonchev–Trinajstić information content (AvgIpc) is 2.67. The Morgan fingerprint density at radius 1 is 1.07 bits per heavy atom. The molecule has 0 bridgehead atoms. The molecule has 1 aliphatic rings. The Labute approximate surface area is 165 Å². The zero-order valence-corrected chi connectivity index (χ0v) is 16.2. The number of carboxylic acids is 1. The van der Waals surface area contributed by atoms with Gasteiger partial charge >= 0.3 is 5.97 Å². The third-order valence-electron chi connectivity index (χ3n) is 5.45. The number of aromatic carboxylic acids is 1. The standard InChI is InChI=1S/C25H24O3/c1-17-6-3-7-18(14-17)16-25(2)13-12-19-8-5-11-22(23(19)28-25)20-9-4-10-21(15-20)24(26)27/h3-11,14-15H,12-13,16H2,1-2H3,(H,26,27)/t25-/m1/s1. The highest BCUT2D eigenvalue weighted by Gasteiger charge is 2.33. The smallest absolute Gasteiger partial charge is 0.335 e. The summed E-state index contributed by atoms with van der Waals surface area (Å²) in [7, 11) is 0. The zero-order valence-electron chi connectivity index (χ0n) is 16.2. The lowest BCUT2D eigenvalue weighted by Crippen LogP contribution is -2.38. The maximum Gasteiger partial charge on any atom is 0.335 e. The molecule has 0 amide bonds. The first-order valence-electron chi connectivity index (χ1n) is 9.64. The molecule has 1 atom stereocenters. The molecule has 1 aliphatic heterocycles. The molecule has 3 heteroatoms. The number of ether oxygens (including phenoxy) is 1. The molecule has 28 heavy (non-hydrogen) atoms. The summed E-state index contributed by atoms with van der Waals surface area (Å²) < 4.78 is 6.60. The third-order valence-corrected chi connectivity index (χ3v) is 5.45. The highest BCUT2D eigenvalue weighted by molar-refractivity contribution is 5.90. The molecule has 0 unspecified atom stereocenters. The minimum Gasteiger partial charge on any atom is -0.486 e. The van der Waals surface area contributed by atoms with E-state index < -0.39 is 5.97 Å². The van der Waals surface area contributed by atoms with Crippen molar-refractivity contribution in [2.45, 2.75) is 38.7 Å². The van der Waals surface area contributed by atoms with Gasteiger partial charge in [0, 0.05) is 12.0 Å². The third kappa shape index (κ3) is 3.65. The van der Waals surface area contributed by atoms with Gasteiger partial charge in [-0.25, -0.2) is 4.79 Å². The van der Waals surface area contributed by atoms with E-state index >= 15 is 0 Å². The van der Waals surface area contributed by atoms with Gasteiger partial charge in [-0.2, -0.15) is 0 Å². The minimum atomic E-state index is -0.920. The Hall–Kier alpha value is -3.07. The van der Waals surface area contributed by atoms with Crippen LogP contribution in [-0.2, 0) is 12.8 Å². The summed E-state index contributed by atoms with van der Waals surface area (Å²) >= 11 is 0. The fourth-order valence-electron chi connectivity index (χ4n) is 4.02. The van der Waals surface area contributed by atoms with Crippen LogP contribution < -0.4 is 4.74 Å². The SMILES string of the molecule is Cc1cccc(C[C@@]2(C)CCc3cccc(-c4cccc(C(=O)O)c4)c3O2)c1. The summed E-state index contributed by atoms with van der Waals surface area (Å²) in [5.74, 6) is -0.0386. The molecule has 3 aromatic carbocycles. The van der Waals surface area contributed by atoms with E-state index in [0.717, 1.165) is 36.1 Å². The van der Waals surface area contributed by atoms with Crippen molar-refractivity contribution in [2.75, 3.05) is 0 Å². The van der Waals surface area contributed by atoms with Gasteiger partial charge in [0.05, 0.1) is 5.56 Å². The molecule has 1 heterocycles. The van der Waals surface area contributed by atoms with Crippen LogP contribution in [0, 0.1) is 6.92 Å². The largest absolute Gasteiger partial charge is 0.486 e. The first-order valence-corrected chi connectivity index (χ1v) is 9.64. The maximum absolute atomic E-state index is 11.4. The van der Waals surface area contributed by atoms with Crippen molar-refractivity contribution >= 4 is 5.97 Å². The highest BCUT2D eigenvalue weighted by Crippen LogP contribution is 2.42. The fourth-order valence-corrected chi connectivity index (χ4v) is 4.02. The van der Waals surface area contributed by atoms with Crippen LogP contribution in [0.15, 0.2) is 66.7 Å². The Morgan fingerprint density at radius 3 is 2.64 bits per heavy atom. The number of benzene rings is 3. The molecule has 0 radical (unpaired) electrons. The molecule has 3 nitrogen and oxygen atoms in total. The van der Waals surface area contributed by atoms with Gasteiger partial charge in [-0.3, -0.25) is 0 Å². The molecule has 4 rings (SSSR count). The van der Waals surface area contributed by atoms with Crippen molar-refractivity contribution in [3.05, 3.63) is 89.0 Å². The second-order valence-corrected chi connectivity index (χ2v) is 7.90. The van der Waals surface area contributed by atoms with E-state index in [1.807, 2.05) is 18.2 Å².